The van der Waals surface area contributed by atoms with Crippen molar-refractivity contribution in [1.82, 2.24) is 14.9 Å². The van der Waals surface area contributed by atoms with Gasteiger partial charge in [-0.25, -0.2) is 9.97 Å². The number of anilines is 2. The summed E-state index contributed by atoms with van der Waals surface area (Å²) in [5.74, 6) is 1.60. The number of halogens is 1. The van der Waals surface area contributed by atoms with E-state index in [1.165, 1.54) is 0 Å². The van der Waals surface area contributed by atoms with Crippen LogP contribution in [0.5, 0.6) is 0 Å². The average molecular weight is 348 g/mol. The molecule has 2 N–H and O–H groups in total. The Morgan fingerprint density at radius 2 is 1.83 bits per heavy atom. The molecule has 1 aliphatic rings. The molecule has 1 aliphatic heterocycles. The number of aromatic nitrogens is 2. The van der Waals surface area contributed by atoms with Crippen LogP contribution in [0.3, 0.4) is 0 Å². The van der Waals surface area contributed by atoms with Crippen molar-refractivity contribution in [2.45, 2.75) is 6.54 Å². The first-order valence-corrected chi connectivity index (χ1v) is 8.52. The molecule has 0 radical (unpaired) electrons. The van der Waals surface area contributed by atoms with Crippen LogP contribution in [-0.2, 0) is 11.3 Å². The average Bonchev–Trinajstić information content (AvgIpc) is 2.62. The van der Waals surface area contributed by atoms with E-state index in [0.717, 1.165) is 61.6 Å². The van der Waals surface area contributed by atoms with E-state index in [2.05, 4.69) is 25.5 Å². The molecule has 0 amide bonds. The van der Waals surface area contributed by atoms with E-state index in [-0.39, 0.29) is 0 Å². The van der Waals surface area contributed by atoms with Gasteiger partial charge in [-0.3, -0.25) is 4.90 Å². The van der Waals surface area contributed by atoms with Crippen LogP contribution >= 0.6 is 11.6 Å². The number of hydrogen-bond donors (Lipinski definition) is 2. The molecule has 0 atom stereocenters. The minimum Gasteiger partial charge on any atom is -0.379 e. The van der Waals surface area contributed by atoms with Gasteiger partial charge in [-0.15, -0.1) is 0 Å². The summed E-state index contributed by atoms with van der Waals surface area (Å²) in [6.07, 6.45) is 1.56. The largest absolute Gasteiger partial charge is 0.379 e. The van der Waals surface area contributed by atoms with Crippen LogP contribution in [0.2, 0.25) is 5.02 Å². The fraction of sp³-hybridized carbons (Fsp3) is 0.412. The predicted octanol–water partition coefficient (Wildman–Crippen LogP) is 2.49. The first kappa shape index (κ1) is 17.0. The third kappa shape index (κ3) is 5.06. The van der Waals surface area contributed by atoms with Crippen molar-refractivity contribution in [3.63, 3.8) is 0 Å². The van der Waals surface area contributed by atoms with Crippen LogP contribution in [0.15, 0.2) is 36.7 Å². The topological polar surface area (TPSA) is 62.3 Å². The van der Waals surface area contributed by atoms with Crippen LogP contribution in [0.4, 0.5) is 11.6 Å². The minimum absolute atomic E-state index is 0.629. The van der Waals surface area contributed by atoms with Gasteiger partial charge < -0.3 is 15.4 Å². The summed E-state index contributed by atoms with van der Waals surface area (Å²) in [6, 6.07) is 9.69. The highest BCUT2D eigenvalue weighted by Crippen LogP contribution is 2.17. The van der Waals surface area contributed by atoms with Crippen molar-refractivity contribution < 1.29 is 4.74 Å². The summed E-state index contributed by atoms with van der Waals surface area (Å²) in [4.78, 5) is 10.9. The van der Waals surface area contributed by atoms with Crippen LogP contribution < -0.4 is 10.6 Å². The number of rotatable bonds is 7. The Morgan fingerprint density at radius 1 is 1.08 bits per heavy atom. The molecule has 0 aliphatic carbocycles. The van der Waals surface area contributed by atoms with Gasteiger partial charge in [-0.05, 0) is 11.6 Å². The molecular weight excluding hydrogens is 326 g/mol. The zero-order chi connectivity index (χ0) is 16.6. The molecule has 0 bridgehead atoms. The molecule has 0 unspecified atom stereocenters. The van der Waals surface area contributed by atoms with Crippen molar-refractivity contribution in [2.75, 3.05) is 50.0 Å². The molecule has 24 heavy (non-hydrogen) atoms. The number of morpholine rings is 1. The fourth-order valence-corrected chi connectivity index (χ4v) is 2.75. The zero-order valence-corrected chi connectivity index (χ0v) is 14.3. The SMILES string of the molecule is Clc1ccccc1CNc1cc(NCCN2CCOCC2)ncn1. The Kier molecular flexibility index (Phi) is 6.23. The van der Waals surface area contributed by atoms with Crippen molar-refractivity contribution in [2.24, 2.45) is 0 Å². The van der Waals surface area contributed by atoms with E-state index in [0.29, 0.717) is 6.54 Å². The Balaban J connectivity index is 1.47. The van der Waals surface area contributed by atoms with E-state index in [1.807, 2.05) is 30.3 Å². The lowest BCUT2D eigenvalue weighted by atomic mass is 10.2. The van der Waals surface area contributed by atoms with Gasteiger partial charge in [0.25, 0.3) is 0 Å². The van der Waals surface area contributed by atoms with Crippen molar-refractivity contribution in [3.8, 4) is 0 Å². The quantitative estimate of drug-likeness (QED) is 0.802. The second-order valence-electron chi connectivity index (χ2n) is 5.61. The summed E-state index contributed by atoms with van der Waals surface area (Å²) >= 11 is 6.17. The molecule has 2 heterocycles. The summed E-state index contributed by atoms with van der Waals surface area (Å²) in [5.41, 5.74) is 1.04. The molecule has 1 aromatic carbocycles. The highest BCUT2D eigenvalue weighted by atomic mass is 35.5. The van der Waals surface area contributed by atoms with Gasteiger partial charge in [0.05, 0.1) is 13.2 Å². The van der Waals surface area contributed by atoms with Gasteiger partial charge >= 0.3 is 0 Å². The number of nitrogens with one attached hydrogen (secondary N) is 2. The van der Waals surface area contributed by atoms with Gasteiger partial charge in [0.2, 0.25) is 0 Å². The van der Waals surface area contributed by atoms with Gasteiger partial charge in [0.1, 0.15) is 18.0 Å². The second kappa shape index (κ2) is 8.82. The summed E-state index contributed by atoms with van der Waals surface area (Å²) < 4.78 is 5.35. The first-order valence-electron chi connectivity index (χ1n) is 8.14. The second-order valence-corrected chi connectivity index (χ2v) is 6.02. The van der Waals surface area contributed by atoms with Gasteiger partial charge in [-0.1, -0.05) is 29.8 Å². The van der Waals surface area contributed by atoms with Crippen molar-refractivity contribution in [3.05, 3.63) is 47.2 Å². The van der Waals surface area contributed by atoms with Crippen LogP contribution in [-0.4, -0.2) is 54.3 Å². The lowest BCUT2D eigenvalue weighted by molar-refractivity contribution is 0.0398. The number of ether oxygens (including phenoxy) is 1. The molecule has 1 saturated heterocycles. The molecule has 128 valence electrons. The summed E-state index contributed by atoms with van der Waals surface area (Å²) in [7, 11) is 0. The van der Waals surface area contributed by atoms with Crippen molar-refractivity contribution >= 4 is 23.2 Å². The Labute approximate surface area is 147 Å². The van der Waals surface area contributed by atoms with Crippen LogP contribution in [0.25, 0.3) is 0 Å². The third-order valence-electron chi connectivity index (χ3n) is 3.92. The maximum absolute atomic E-state index is 6.17. The van der Waals surface area contributed by atoms with E-state index >= 15 is 0 Å². The summed E-state index contributed by atoms with van der Waals surface area (Å²) in [5, 5.41) is 7.37. The third-order valence-corrected chi connectivity index (χ3v) is 4.29. The van der Waals surface area contributed by atoms with E-state index in [4.69, 9.17) is 16.3 Å². The monoisotopic (exact) mass is 347 g/mol. The smallest absolute Gasteiger partial charge is 0.131 e. The lowest BCUT2D eigenvalue weighted by Crippen LogP contribution is -2.39. The normalized spacial score (nSPS) is 15.2. The van der Waals surface area contributed by atoms with Crippen LogP contribution in [0.1, 0.15) is 5.56 Å². The maximum Gasteiger partial charge on any atom is 0.131 e. The van der Waals surface area contributed by atoms with E-state index in [9.17, 15) is 0 Å². The molecule has 2 aromatic rings. The highest BCUT2D eigenvalue weighted by Gasteiger charge is 2.09. The van der Waals surface area contributed by atoms with Crippen molar-refractivity contribution in [1.29, 1.82) is 0 Å². The standard InChI is InChI=1S/C17H22ClN5O/c18-15-4-2-1-3-14(15)12-20-17-11-16(21-13-22-17)19-5-6-23-7-9-24-10-8-23/h1-4,11,13H,5-10,12H2,(H2,19,20,21,22). The lowest BCUT2D eigenvalue weighted by Gasteiger charge is -2.26. The molecule has 1 fully saturated rings. The predicted molar refractivity (Wildman–Crippen MR) is 96.6 cm³/mol. The number of nitrogens with zero attached hydrogens (tertiary/aromatic N) is 3. The number of hydrogen-bond acceptors (Lipinski definition) is 6. The summed E-state index contributed by atoms with van der Waals surface area (Å²) in [6.45, 7) is 6.10. The van der Waals surface area contributed by atoms with E-state index < -0.39 is 0 Å². The molecular formula is C17H22ClN5O. The highest BCUT2D eigenvalue weighted by molar-refractivity contribution is 6.31. The van der Waals surface area contributed by atoms with Crippen LogP contribution in [0, 0.1) is 0 Å². The molecule has 6 nitrogen and oxygen atoms in total. The molecule has 1 aromatic heterocycles. The van der Waals surface area contributed by atoms with E-state index in [1.54, 1.807) is 6.33 Å². The molecule has 3 rings (SSSR count). The number of benzene rings is 1. The Bertz CT molecular complexity index is 648. The first-order chi connectivity index (χ1) is 11.8. The Hall–Kier alpha value is -1.89. The molecule has 7 heteroatoms. The molecule has 0 spiro atoms. The Morgan fingerprint density at radius 3 is 2.62 bits per heavy atom. The molecule has 0 saturated carbocycles. The van der Waals surface area contributed by atoms with Gasteiger partial charge in [0.15, 0.2) is 0 Å². The zero-order valence-electron chi connectivity index (χ0n) is 13.5. The van der Waals surface area contributed by atoms with Gasteiger partial charge in [-0.2, -0.15) is 0 Å². The minimum atomic E-state index is 0.629. The maximum atomic E-state index is 6.17. The fourth-order valence-electron chi connectivity index (χ4n) is 2.55. The van der Waals surface area contributed by atoms with Gasteiger partial charge in [0, 0.05) is 43.8 Å².